The summed E-state index contributed by atoms with van der Waals surface area (Å²) in [5.74, 6) is 5.32. The summed E-state index contributed by atoms with van der Waals surface area (Å²) >= 11 is 0. The Morgan fingerprint density at radius 2 is 1.94 bits per heavy atom. The van der Waals surface area contributed by atoms with Crippen molar-refractivity contribution < 1.29 is 13.2 Å². The van der Waals surface area contributed by atoms with Gasteiger partial charge in [-0.15, -0.1) is 0 Å². The fraction of sp³-hybridized carbons (Fsp3) is 0.500. The van der Waals surface area contributed by atoms with Crippen LogP contribution >= 0.6 is 0 Å². The van der Waals surface area contributed by atoms with Gasteiger partial charge in [0.15, 0.2) is 0 Å². The summed E-state index contributed by atoms with van der Waals surface area (Å²) in [5.41, 5.74) is 1.36. The zero-order valence-electron chi connectivity index (χ0n) is 9.84. The fourth-order valence-corrected chi connectivity index (χ4v) is 1.20. The molecule has 0 saturated heterocycles. The van der Waals surface area contributed by atoms with E-state index in [1.165, 1.54) is 0 Å². The van der Waals surface area contributed by atoms with Crippen molar-refractivity contribution in [2.45, 2.75) is 26.1 Å². The zero-order chi connectivity index (χ0) is 13.2. The van der Waals surface area contributed by atoms with Crippen molar-refractivity contribution in [1.29, 1.82) is 0 Å². The number of hydrogen-bond donors (Lipinski definition) is 2. The molecule has 4 nitrogen and oxygen atoms in total. The van der Waals surface area contributed by atoms with Crippen LogP contribution in [0.3, 0.4) is 0 Å². The molecule has 96 valence electrons. The van der Waals surface area contributed by atoms with Crippen LogP contribution in [0.2, 0.25) is 0 Å². The third kappa shape index (κ3) is 3.23. The van der Waals surface area contributed by atoms with Crippen molar-refractivity contribution in [3.63, 3.8) is 0 Å². The van der Waals surface area contributed by atoms with E-state index in [9.17, 15) is 13.2 Å². The molecule has 1 aromatic rings. The average molecular weight is 248 g/mol. The van der Waals surface area contributed by atoms with Crippen LogP contribution in [-0.4, -0.2) is 18.1 Å². The smallest absolute Gasteiger partial charge is 0.357 e. The minimum Gasteiger partial charge on any atom is -0.357 e. The van der Waals surface area contributed by atoms with E-state index in [1.54, 1.807) is 11.9 Å². The molecule has 0 fully saturated rings. The van der Waals surface area contributed by atoms with Gasteiger partial charge in [0.25, 0.3) is 0 Å². The summed E-state index contributed by atoms with van der Waals surface area (Å²) < 4.78 is 37.9. The molecule has 1 aromatic heterocycles. The van der Waals surface area contributed by atoms with Crippen LogP contribution in [0.25, 0.3) is 0 Å². The first-order chi connectivity index (χ1) is 7.75. The number of aromatic nitrogens is 1. The van der Waals surface area contributed by atoms with Gasteiger partial charge >= 0.3 is 6.18 Å². The Morgan fingerprint density at radius 3 is 2.35 bits per heavy atom. The van der Waals surface area contributed by atoms with Gasteiger partial charge in [0, 0.05) is 13.1 Å². The topological polar surface area (TPSA) is 54.2 Å². The first-order valence-electron chi connectivity index (χ1n) is 5.04. The molecule has 3 N–H and O–H groups in total. The van der Waals surface area contributed by atoms with Gasteiger partial charge in [-0.1, -0.05) is 0 Å². The molecule has 0 bridgehead atoms. The van der Waals surface area contributed by atoms with Crippen LogP contribution in [-0.2, 0) is 6.18 Å². The lowest BCUT2D eigenvalue weighted by Crippen LogP contribution is -2.27. The Balaban J connectivity index is 3.23. The van der Waals surface area contributed by atoms with Gasteiger partial charge in [0.05, 0.1) is 5.56 Å². The van der Waals surface area contributed by atoms with E-state index in [0.29, 0.717) is 0 Å². The summed E-state index contributed by atoms with van der Waals surface area (Å²) in [5, 5.41) is 0. The van der Waals surface area contributed by atoms with Crippen molar-refractivity contribution in [1.82, 2.24) is 4.98 Å². The standard InChI is InChI=1S/C10H15F3N4/c1-6(2)17(3)9-5-7(10(11,12)13)4-8(15-9)16-14/h4-6H,14H2,1-3H3,(H,15,16). The zero-order valence-corrected chi connectivity index (χ0v) is 9.84. The molecule has 1 heterocycles. The second-order valence-electron chi connectivity index (χ2n) is 3.95. The molecule has 0 aromatic carbocycles. The quantitative estimate of drug-likeness (QED) is 0.636. The monoisotopic (exact) mass is 248 g/mol. The first kappa shape index (κ1) is 13.6. The molecular weight excluding hydrogens is 233 g/mol. The lowest BCUT2D eigenvalue weighted by atomic mass is 10.2. The number of halogens is 3. The molecular formula is C10H15F3N4. The molecule has 7 heteroatoms. The first-order valence-corrected chi connectivity index (χ1v) is 5.04. The fourth-order valence-electron chi connectivity index (χ4n) is 1.20. The number of alkyl halides is 3. The second-order valence-corrected chi connectivity index (χ2v) is 3.95. The number of anilines is 2. The van der Waals surface area contributed by atoms with Gasteiger partial charge in [-0.3, -0.25) is 0 Å². The predicted octanol–water partition coefficient (Wildman–Crippen LogP) is 2.23. The normalized spacial score (nSPS) is 11.8. The largest absolute Gasteiger partial charge is 0.416 e. The van der Waals surface area contributed by atoms with Crippen LogP contribution < -0.4 is 16.2 Å². The maximum atomic E-state index is 12.6. The Bertz CT molecular complexity index is 390. The number of pyridine rings is 1. The highest BCUT2D eigenvalue weighted by Crippen LogP contribution is 2.32. The van der Waals surface area contributed by atoms with E-state index < -0.39 is 11.7 Å². The maximum Gasteiger partial charge on any atom is 0.416 e. The third-order valence-corrected chi connectivity index (χ3v) is 2.42. The molecule has 1 rings (SSSR count). The number of nitrogens with two attached hydrogens (primary N) is 1. The van der Waals surface area contributed by atoms with Crippen molar-refractivity contribution in [3.8, 4) is 0 Å². The van der Waals surface area contributed by atoms with E-state index in [0.717, 1.165) is 12.1 Å². The number of hydrogen-bond acceptors (Lipinski definition) is 4. The molecule has 0 aliphatic heterocycles. The Morgan fingerprint density at radius 1 is 1.35 bits per heavy atom. The molecule has 0 spiro atoms. The van der Waals surface area contributed by atoms with E-state index in [1.807, 2.05) is 13.8 Å². The van der Waals surface area contributed by atoms with Crippen LogP contribution in [0.4, 0.5) is 24.8 Å². The lowest BCUT2D eigenvalue weighted by Gasteiger charge is -2.24. The van der Waals surface area contributed by atoms with Crippen LogP contribution in [0.5, 0.6) is 0 Å². The van der Waals surface area contributed by atoms with E-state index in [4.69, 9.17) is 5.84 Å². The number of nitrogens with zero attached hydrogens (tertiary/aromatic N) is 2. The highest BCUT2D eigenvalue weighted by atomic mass is 19.4. The van der Waals surface area contributed by atoms with E-state index >= 15 is 0 Å². The second kappa shape index (κ2) is 4.79. The van der Waals surface area contributed by atoms with Crippen molar-refractivity contribution in [2.24, 2.45) is 5.84 Å². The predicted molar refractivity (Wildman–Crippen MR) is 60.6 cm³/mol. The molecule has 0 unspecified atom stereocenters. The Kier molecular flexibility index (Phi) is 3.82. The summed E-state index contributed by atoms with van der Waals surface area (Å²) in [4.78, 5) is 5.61. The molecule has 0 aliphatic carbocycles. The molecule has 0 amide bonds. The highest BCUT2D eigenvalue weighted by molar-refractivity contribution is 5.50. The third-order valence-electron chi connectivity index (χ3n) is 2.42. The number of nitrogens with one attached hydrogen (secondary N) is 1. The summed E-state index contributed by atoms with van der Waals surface area (Å²) in [6.07, 6.45) is -4.42. The van der Waals surface area contributed by atoms with Crippen molar-refractivity contribution >= 4 is 11.6 Å². The minimum absolute atomic E-state index is 0.0117. The van der Waals surface area contributed by atoms with Gasteiger partial charge < -0.3 is 10.3 Å². The SMILES string of the molecule is CC(C)N(C)c1cc(C(F)(F)F)cc(NN)n1. The lowest BCUT2D eigenvalue weighted by molar-refractivity contribution is -0.137. The summed E-state index contributed by atoms with van der Waals surface area (Å²) in [6, 6.07) is 1.91. The van der Waals surface area contributed by atoms with Gasteiger partial charge in [0.1, 0.15) is 11.6 Å². The van der Waals surface area contributed by atoms with Gasteiger partial charge in [-0.2, -0.15) is 13.2 Å². The summed E-state index contributed by atoms with van der Waals surface area (Å²) in [6.45, 7) is 3.72. The average Bonchev–Trinajstić information content (AvgIpc) is 2.26. The van der Waals surface area contributed by atoms with Gasteiger partial charge in [-0.25, -0.2) is 10.8 Å². The highest BCUT2D eigenvalue weighted by Gasteiger charge is 2.32. The molecule has 0 radical (unpaired) electrons. The van der Waals surface area contributed by atoms with Gasteiger partial charge in [0.2, 0.25) is 0 Å². The van der Waals surface area contributed by atoms with Crippen molar-refractivity contribution in [3.05, 3.63) is 17.7 Å². The molecule has 17 heavy (non-hydrogen) atoms. The number of nitrogen functional groups attached to an aromatic ring is 1. The number of rotatable bonds is 3. The number of hydrazine groups is 1. The summed E-state index contributed by atoms with van der Waals surface area (Å²) in [7, 11) is 1.67. The molecule has 0 saturated carbocycles. The van der Waals surface area contributed by atoms with E-state index in [-0.39, 0.29) is 17.7 Å². The van der Waals surface area contributed by atoms with Crippen molar-refractivity contribution in [2.75, 3.05) is 17.4 Å². The van der Waals surface area contributed by atoms with E-state index in [2.05, 4.69) is 10.4 Å². The van der Waals surface area contributed by atoms with Crippen LogP contribution in [0.15, 0.2) is 12.1 Å². The Labute approximate surface area is 97.6 Å². The van der Waals surface area contributed by atoms with Crippen LogP contribution in [0, 0.1) is 0 Å². The van der Waals surface area contributed by atoms with Gasteiger partial charge in [-0.05, 0) is 26.0 Å². The Hall–Kier alpha value is -1.50. The minimum atomic E-state index is -4.42. The molecule has 0 atom stereocenters. The maximum absolute atomic E-state index is 12.6. The van der Waals surface area contributed by atoms with Crippen LogP contribution in [0.1, 0.15) is 19.4 Å². The molecule has 0 aliphatic rings.